The first-order valence-electron chi connectivity index (χ1n) is 6.12. The average molecular weight is 245 g/mol. The number of aromatic amines is 1. The highest BCUT2D eigenvalue weighted by molar-refractivity contribution is 5.42. The summed E-state index contributed by atoms with van der Waals surface area (Å²) in [5.74, 6) is 1.80. The summed E-state index contributed by atoms with van der Waals surface area (Å²) < 4.78 is 0. The Morgan fingerprint density at radius 1 is 1.28 bits per heavy atom. The summed E-state index contributed by atoms with van der Waals surface area (Å²) in [6, 6.07) is 9.87. The van der Waals surface area contributed by atoms with Crippen molar-refractivity contribution in [1.29, 1.82) is 0 Å². The van der Waals surface area contributed by atoms with Crippen molar-refractivity contribution in [1.82, 2.24) is 15.2 Å². The summed E-state index contributed by atoms with van der Waals surface area (Å²) in [6.45, 7) is 4.73. The first-order chi connectivity index (χ1) is 8.66. The first kappa shape index (κ1) is 12.6. The smallest absolute Gasteiger partial charge is 0.167 e. The molecular weight excluding hydrogens is 226 g/mol. The molecule has 1 atom stereocenters. The van der Waals surface area contributed by atoms with Crippen LogP contribution in [-0.2, 0) is 6.54 Å². The topological polar surface area (TPSA) is 79.6 Å². The Kier molecular flexibility index (Phi) is 3.94. The molecule has 5 nitrogen and oxygen atoms in total. The van der Waals surface area contributed by atoms with E-state index in [0.29, 0.717) is 18.3 Å². The predicted molar refractivity (Wildman–Crippen MR) is 71.9 cm³/mol. The molecule has 4 N–H and O–H groups in total. The molecule has 0 saturated carbocycles. The molecule has 0 aliphatic heterocycles. The molecule has 0 radical (unpaired) electrons. The fraction of sp³-hybridized carbons (Fsp3) is 0.385. The van der Waals surface area contributed by atoms with E-state index in [1.54, 1.807) is 0 Å². The van der Waals surface area contributed by atoms with Gasteiger partial charge in [0, 0.05) is 5.69 Å². The van der Waals surface area contributed by atoms with E-state index in [4.69, 9.17) is 5.73 Å². The number of hydrogen-bond acceptors (Lipinski definition) is 4. The maximum Gasteiger partial charge on any atom is 0.167 e. The summed E-state index contributed by atoms with van der Waals surface area (Å²) in [5.41, 5.74) is 7.05. The molecule has 0 saturated heterocycles. The van der Waals surface area contributed by atoms with Crippen molar-refractivity contribution in [2.45, 2.75) is 26.4 Å². The molecule has 2 aromatic rings. The molecule has 0 fully saturated rings. The van der Waals surface area contributed by atoms with E-state index < -0.39 is 0 Å². The third-order valence-corrected chi connectivity index (χ3v) is 2.80. The van der Waals surface area contributed by atoms with Crippen molar-refractivity contribution < 1.29 is 0 Å². The molecule has 0 unspecified atom stereocenters. The van der Waals surface area contributed by atoms with Gasteiger partial charge in [0.2, 0.25) is 0 Å². The number of nitrogens with one attached hydrogen (secondary N) is 2. The van der Waals surface area contributed by atoms with Crippen LogP contribution in [0.25, 0.3) is 0 Å². The minimum absolute atomic E-state index is 0.119. The zero-order valence-electron chi connectivity index (χ0n) is 10.7. The molecule has 2 rings (SSSR count). The van der Waals surface area contributed by atoms with Gasteiger partial charge >= 0.3 is 0 Å². The second kappa shape index (κ2) is 5.64. The van der Waals surface area contributed by atoms with Crippen molar-refractivity contribution in [2.24, 2.45) is 11.7 Å². The Hall–Kier alpha value is -1.88. The number of benzene rings is 1. The monoisotopic (exact) mass is 245 g/mol. The largest absolute Gasteiger partial charge is 0.378 e. The highest BCUT2D eigenvalue weighted by Gasteiger charge is 2.15. The summed E-state index contributed by atoms with van der Waals surface area (Å²) in [4.78, 5) is 4.39. The summed E-state index contributed by atoms with van der Waals surface area (Å²) >= 11 is 0. The fourth-order valence-electron chi connectivity index (χ4n) is 1.58. The van der Waals surface area contributed by atoms with Crippen molar-refractivity contribution in [3.8, 4) is 0 Å². The van der Waals surface area contributed by atoms with Crippen LogP contribution in [0, 0.1) is 5.92 Å². The van der Waals surface area contributed by atoms with Gasteiger partial charge in [-0.3, -0.25) is 5.10 Å². The molecule has 0 spiro atoms. The highest BCUT2D eigenvalue weighted by atomic mass is 15.2. The van der Waals surface area contributed by atoms with Gasteiger partial charge in [0.25, 0.3) is 0 Å². The van der Waals surface area contributed by atoms with E-state index in [0.717, 1.165) is 11.5 Å². The van der Waals surface area contributed by atoms with Gasteiger partial charge in [0.05, 0.1) is 12.6 Å². The van der Waals surface area contributed by atoms with E-state index in [2.05, 4.69) is 34.3 Å². The van der Waals surface area contributed by atoms with Gasteiger partial charge in [-0.1, -0.05) is 32.0 Å². The van der Waals surface area contributed by atoms with Gasteiger partial charge in [0.1, 0.15) is 5.82 Å². The van der Waals surface area contributed by atoms with Gasteiger partial charge in [-0.25, -0.2) is 4.98 Å². The van der Waals surface area contributed by atoms with Crippen LogP contribution in [0.2, 0.25) is 0 Å². The fourth-order valence-corrected chi connectivity index (χ4v) is 1.58. The SMILES string of the molecule is CC(C)[C@H](N)c1n[nH]c(CNc2ccccc2)n1. The lowest BCUT2D eigenvalue weighted by Gasteiger charge is -2.10. The third kappa shape index (κ3) is 3.07. The molecule has 0 bridgehead atoms. The average Bonchev–Trinajstić information content (AvgIpc) is 2.85. The zero-order valence-corrected chi connectivity index (χ0v) is 10.7. The maximum atomic E-state index is 5.99. The molecule has 0 aliphatic carbocycles. The summed E-state index contributed by atoms with van der Waals surface area (Å²) in [5, 5.41) is 10.3. The van der Waals surface area contributed by atoms with Crippen LogP contribution in [0.3, 0.4) is 0 Å². The predicted octanol–water partition coefficient (Wildman–Crippen LogP) is 2.07. The lowest BCUT2D eigenvalue weighted by molar-refractivity contribution is 0.491. The van der Waals surface area contributed by atoms with Crippen LogP contribution in [0.4, 0.5) is 5.69 Å². The normalized spacial score (nSPS) is 12.7. The third-order valence-electron chi connectivity index (χ3n) is 2.80. The van der Waals surface area contributed by atoms with Gasteiger partial charge in [-0.05, 0) is 18.1 Å². The van der Waals surface area contributed by atoms with E-state index in [9.17, 15) is 0 Å². The van der Waals surface area contributed by atoms with Gasteiger partial charge in [-0.2, -0.15) is 5.10 Å². The highest BCUT2D eigenvalue weighted by Crippen LogP contribution is 2.14. The molecule has 96 valence electrons. The standard InChI is InChI=1S/C13H19N5/c1-9(2)12(14)13-16-11(17-18-13)8-15-10-6-4-3-5-7-10/h3-7,9,12,15H,8,14H2,1-2H3,(H,16,17,18)/t12-/m0/s1. The molecule has 0 amide bonds. The van der Waals surface area contributed by atoms with Crippen molar-refractivity contribution in [2.75, 3.05) is 5.32 Å². The number of aromatic nitrogens is 3. The van der Waals surface area contributed by atoms with Crippen LogP contribution < -0.4 is 11.1 Å². The van der Waals surface area contributed by atoms with Gasteiger partial charge in [0.15, 0.2) is 5.82 Å². The number of rotatable bonds is 5. The van der Waals surface area contributed by atoms with E-state index in [-0.39, 0.29) is 6.04 Å². The van der Waals surface area contributed by atoms with Gasteiger partial charge < -0.3 is 11.1 Å². The quantitative estimate of drug-likeness (QED) is 0.753. The molecule has 1 heterocycles. The first-order valence-corrected chi connectivity index (χ1v) is 6.12. The van der Waals surface area contributed by atoms with Crippen LogP contribution >= 0.6 is 0 Å². The number of para-hydroxylation sites is 1. The Morgan fingerprint density at radius 2 is 2.00 bits per heavy atom. The van der Waals surface area contributed by atoms with Crippen LogP contribution in [0.1, 0.15) is 31.5 Å². The van der Waals surface area contributed by atoms with Crippen molar-refractivity contribution >= 4 is 5.69 Å². The second-order valence-electron chi connectivity index (χ2n) is 4.63. The van der Waals surface area contributed by atoms with Gasteiger partial charge in [-0.15, -0.1) is 0 Å². The number of H-pyrrole nitrogens is 1. The molecule has 18 heavy (non-hydrogen) atoms. The minimum atomic E-state index is -0.119. The lowest BCUT2D eigenvalue weighted by Crippen LogP contribution is -2.18. The number of nitrogens with two attached hydrogens (primary N) is 1. The van der Waals surface area contributed by atoms with E-state index in [1.807, 2.05) is 30.3 Å². The maximum absolute atomic E-state index is 5.99. The second-order valence-corrected chi connectivity index (χ2v) is 4.63. The molecule has 1 aromatic carbocycles. The Morgan fingerprint density at radius 3 is 2.67 bits per heavy atom. The Balaban J connectivity index is 1.95. The molecule has 1 aromatic heterocycles. The van der Waals surface area contributed by atoms with Crippen LogP contribution in [0.5, 0.6) is 0 Å². The van der Waals surface area contributed by atoms with Crippen LogP contribution in [0.15, 0.2) is 30.3 Å². The number of hydrogen-bond donors (Lipinski definition) is 3. The Bertz CT molecular complexity index is 477. The Labute approximate surface area is 107 Å². The summed E-state index contributed by atoms with van der Waals surface area (Å²) in [6.07, 6.45) is 0. The number of nitrogens with zero attached hydrogens (tertiary/aromatic N) is 2. The van der Waals surface area contributed by atoms with E-state index in [1.165, 1.54) is 0 Å². The van der Waals surface area contributed by atoms with Crippen molar-refractivity contribution in [3.05, 3.63) is 42.0 Å². The minimum Gasteiger partial charge on any atom is -0.378 e. The van der Waals surface area contributed by atoms with Crippen LogP contribution in [-0.4, -0.2) is 15.2 Å². The summed E-state index contributed by atoms with van der Waals surface area (Å²) in [7, 11) is 0. The number of anilines is 1. The zero-order chi connectivity index (χ0) is 13.0. The molecule has 5 heteroatoms. The van der Waals surface area contributed by atoms with Crippen molar-refractivity contribution in [3.63, 3.8) is 0 Å². The molecular formula is C13H19N5. The lowest BCUT2D eigenvalue weighted by atomic mass is 10.1. The van der Waals surface area contributed by atoms with E-state index >= 15 is 0 Å². The molecule has 0 aliphatic rings.